The predicted octanol–water partition coefficient (Wildman–Crippen LogP) is 3.52. The Balaban J connectivity index is 1.31. The van der Waals surface area contributed by atoms with E-state index in [9.17, 15) is 4.79 Å². The van der Waals surface area contributed by atoms with Crippen LogP contribution < -0.4 is 0 Å². The van der Waals surface area contributed by atoms with E-state index < -0.39 is 0 Å². The van der Waals surface area contributed by atoms with Crippen LogP contribution in [0.5, 0.6) is 0 Å². The number of aryl methyl sites for hydroxylation is 1. The number of hydrogen-bond acceptors (Lipinski definition) is 3. The van der Waals surface area contributed by atoms with Gasteiger partial charge in [-0.25, -0.2) is 0 Å². The molecule has 0 N–H and O–H groups in total. The molecule has 0 unspecified atom stereocenters. The van der Waals surface area contributed by atoms with Crippen LogP contribution in [-0.4, -0.2) is 60.1 Å². The van der Waals surface area contributed by atoms with E-state index in [1.807, 2.05) is 24.3 Å². The molecular weight excluding hydrogens is 348 g/mol. The third-order valence-electron chi connectivity index (χ3n) is 6.41. The SMILES string of the molecule is O=C(CCc1ccc(Cl)cc1)N1CCC[C@]2(CCN2C[C@@H]2CCCO2)C1. The first-order valence-corrected chi connectivity index (χ1v) is 10.4. The Morgan fingerprint density at radius 2 is 2.04 bits per heavy atom. The molecule has 0 saturated carbocycles. The molecule has 3 fully saturated rings. The number of ether oxygens (including phenoxy) is 1. The van der Waals surface area contributed by atoms with Gasteiger partial charge in [-0.05, 0) is 56.2 Å². The number of halogens is 1. The molecule has 0 bridgehead atoms. The molecule has 1 aromatic rings. The molecule has 0 radical (unpaired) electrons. The van der Waals surface area contributed by atoms with Gasteiger partial charge in [-0.2, -0.15) is 0 Å². The van der Waals surface area contributed by atoms with Gasteiger partial charge in [-0.3, -0.25) is 9.69 Å². The van der Waals surface area contributed by atoms with Crippen LogP contribution in [0.4, 0.5) is 0 Å². The third-order valence-corrected chi connectivity index (χ3v) is 6.67. The summed E-state index contributed by atoms with van der Waals surface area (Å²) in [4.78, 5) is 17.5. The second kappa shape index (κ2) is 7.87. The lowest BCUT2D eigenvalue weighted by Crippen LogP contribution is -2.68. The Morgan fingerprint density at radius 3 is 2.73 bits per heavy atom. The van der Waals surface area contributed by atoms with E-state index in [0.717, 1.165) is 50.7 Å². The molecule has 2 atom stereocenters. The maximum absolute atomic E-state index is 12.8. The molecule has 5 heteroatoms. The van der Waals surface area contributed by atoms with Crippen LogP contribution in [0.15, 0.2) is 24.3 Å². The van der Waals surface area contributed by atoms with Crippen molar-refractivity contribution < 1.29 is 9.53 Å². The van der Waals surface area contributed by atoms with E-state index in [2.05, 4.69) is 9.80 Å². The smallest absolute Gasteiger partial charge is 0.222 e. The van der Waals surface area contributed by atoms with E-state index in [1.54, 1.807) is 0 Å². The van der Waals surface area contributed by atoms with E-state index in [0.29, 0.717) is 18.4 Å². The highest BCUT2D eigenvalue weighted by Gasteiger charge is 2.48. The summed E-state index contributed by atoms with van der Waals surface area (Å²) in [6, 6.07) is 7.83. The number of carbonyl (C=O) groups is 1. The minimum Gasteiger partial charge on any atom is -0.377 e. The van der Waals surface area contributed by atoms with E-state index >= 15 is 0 Å². The zero-order chi connectivity index (χ0) is 18.0. The largest absolute Gasteiger partial charge is 0.377 e. The Hall–Kier alpha value is -1.10. The minimum atomic E-state index is 0.222. The summed E-state index contributed by atoms with van der Waals surface area (Å²) in [6.07, 6.45) is 7.73. The van der Waals surface area contributed by atoms with Crippen LogP contribution in [0.1, 0.15) is 44.1 Å². The Bertz CT molecular complexity index is 629. The predicted molar refractivity (Wildman–Crippen MR) is 103 cm³/mol. The summed E-state index contributed by atoms with van der Waals surface area (Å²) in [5.74, 6) is 0.294. The summed E-state index contributed by atoms with van der Waals surface area (Å²) < 4.78 is 5.83. The first-order chi connectivity index (χ1) is 12.6. The molecule has 1 spiro atoms. The Morgan fingerprint density at radius 1 is 1.19 bits per heavy atom. The Labute approximate surface area is 161 Å². The van der Waals surface area contributed by atoms with Crippen molar-refractivity contribution in [2.24, 2.45) is 0 Å². The molecule has 3 heterocycles. The molecular formula is C21H29ClN2O2. The molecule has 142 valence electrons. The first kappa shape index (κ1) is 18.3. The van der Waals surface area contributed by atoms with Crippen molar-refractivity contribution >= 4 is 17.5 Å². The van der Waals surface area contributed by atoms with E-state index in [-0.39, 0.29) is 5.54 Å². The van der Waals surface area contributed by atoms with Gasteiger partial charge in [-0.15, -0.1) is 0 Å². The van der Waals surface area contributed by atoms with Gasteiger partial charge in [0.1, 0.15) is 0 Å². The summed E-state index contributed by atoms with van der Waals surface area (Å²) in [7, 11) is 0. The fourth-order valence-corrected chi connectivity index (χ4v) is 4.88. The molecule has 3 aliphatic rings. The zero-order valence-corrected chi connectivity index (χ0v) is 16.2. The van der Waals surface area contributed by atoms with Gasteiger partial charge in [0, 0.05) is 49.8 Å². The minimum absolute atomic E-state index is 0.222. The van der Waals surface area contributed by atoms with Crippen molar-refractivity contribution in [3.8, 4) is 0 Å². The number of hydrogen-bond donors (Lipinski definition) is 0. The van der Waals surface area contributed by atoms with Gasteiger partial charge in [0.15, 0.2) is 0 Å². The van der Waals surface area contributed by atoms with Gasteiger partial charge >= 0.3 is 0 Å². The van der Waals surface area contributed by atoms with Crippen molar-refractivity contribution in [3.05, 3.63) is 34.9 Å². The van der Waals surface area contributed by atoms with Gasteiger partial charge in [0.2, 0.25) is 5.91 Å². The van der Waals surface area contributed by atoms with Crippen LogP contribution in [0.25, 0.3) is 0 Å². The lowest BCUT2D eigenvalue weighted by molar-refractivity contribution is -0.141. The Kier molecular flexibility index (Phi) is 5.53. The standard InChI is InChI=1S/C21H29ClN2O2/c22-18-7-4-17(5-8-18)6-9-20(25)23-12-2-10-21(16-23)11-13-24(21)15-19-3-1-14-26-19/h4-5,7-8,19H,1-3,6,9-16H2/t19-,21-/m0/s1. The summed E-state index contributed by atoms with van der Waals surface area (Å²) >= 11 is 5.94. The van der Waals surface area contributed by atoms with Crippen molar-refractivity contribution in [2.75, 3.05) is 32.8 Å². The number of amides is 1. The fourth-order valence-electron chi connectivity index (χ4n) is 4.75. The number of likely N-dealkylation sites (tertiary alicyclic amines) is 2. The molecule has 4 nitrogen and oxygen atoms in total. The van der Waals surface area contributed by atoms with Crippen molar-refractivity contribution in [1.29, 1.82) is 0 Å². The highest BCUT2D eigenvalue weighted by Crippen LogP contribution is 2.39. The third kappa shape index (κ3) is 3.92. The van der Waals surface area contributed by atoms with Gasteiger partial charge in [0.05, 0.1) is 6.10 Å². The zero-order valence-electron chi connectivity index (χ0n) is 15.5. The maximum atomic E-state index is 12.8. The molecule has 26 heavy (non-hydrogen) atoms. The van der Waals surface area contributed by atoms with Crippen LogP contribution in [0.2, 0.25) is 5.02 Å². The summed E-state index contributed by atoms with van der Waals surface area (Å²) in [6.45, 7) is 4.94. The number of piperidine rings is 1. The van der Waals surface area contributed by atoms with Gasteiger partial charge in [0.25, 0.3) is 0 Å². The highest BCUT2D eigenvalue weighted by atomic mass is 35.5. The summed E-state index contributed by atoms with van der Waals surface area (Å²) in [5, 5.41) is 0.745. The second-order valence-electron chi connectivity index (χ2n) is 8.10. The molecule has 4 rings (SSSR count). The first-order valence-electron chi connectivity index (χ1n) is 10.0. The van der Waals surface area contributed by atoms with E-state index in [4.69, 9.17) is 16.3 Å². The van der Waals surface area contributed by atoms with Crippen molar-refractivity contribution in [2.45, 2.75) is 56.6 Å². The van der Waals surface area contributed by atoms with Crippen LogP contribution >= 0.6 is 11.6 Å². The number of carbonyl (C=O) groups excluding carboxylic acids is 1. The van der Waals surface area contributed by atoms with Crippen molar-refractivity contribution in [1.82, 2.24) is 9.80 Å². The summed E-state index contributed by atoms with van der Waals surface area (Å²) in [5.41, 5.74) is 1.40. The molecule has 0 aromatic heterocycles. The lowest BCUT2D eigenvalue weighted by atomic mass is 9.77. The number of nitrogens with zero attached hydrogens (tertiary/aromatic N) is 2. The van der Waals surface area contributed by atoms with Gasteiger partial charge < -0.3 is 9.64 Å². The molecule has 3 aliphatic heterocycles. The molecule has 1 amide bonds. The molecule has 1 aromatic carbocycles. The monoisotopic (exact) mass is 376 g/mol. The van der Waals surface area contributed by atoms with Crippen LogP contribution in [0, 0.1) is 0 Å². The number of benzene rings is 1. The maximum Gasteiger partial charge on any atom is 0.222 e. The quantitative estimate of drug-likeness (QED) is 0.788. The average Bonchev–Trinajstić information content (AvgIpc) is 3.18. The highest BCUT2D eigenvalue weighted by molar-refractivity contribution is 6.30. The lowest BCUT2D eigenvalue weighted by Gasteiger charge is -2.57. The normalized spacial score (nSPS) is 29.1. The molecule has 0 aliphatic carbocycles. The van der Waals surface area contributed by atoms with Crippen molar-refractivity contribution in [3.63, 3.8) is 0 Å². The second-order valence-corrected chi connectivity index (χ2v) is 8.54. The number of rotatable bonds is 5. The average molecular weight is 377 g/mol. The van der Waals surface area contributed by atoms with Gasteiger partial charge in [-0.1, -0.05) is 23.7 Å². The van der Waals surface area contributed by atoms with Crippen LogP contribution in [0.3, 0.4) is 0 Å². The molecule has 3 saturated heterocycles. The van der Waals surface area contributed by atoms with E-state index in [1.165, 1.54) is 31.2 Å². The van der Waals surface area contributed by atoms with Crippen LogP contribution in [-0.2, 0) is 16.0 Å². The fraction of sp³-hybridized carbons (Fsp3) is 0.667. The topological polar surface area (TPSA) is 32.8 Å².